The number of hydrogen-bond acceptors (Lipinski definition) is 4. The van der Waals surface area contributed by atoms with E-state index in [1.807, 2.05) is 18.7 Å². The van der Waals surface area contributed by atoms with Gasteiger partial charge in [-0.1, -0.05) is 12.1 Å². The van der Waals surface area contributed by atoms with Gasteiger partial charge in [-0.25, -0.2) is 18.5 Å². The molecule has 0 spiro atoms. The van der Waals surface area contributed by atoms with Crippen molar-refractivity contribution < 1.29 is 8.42 Å². The lowest BCUT2D eigenvalue weighted by molar-refractivity contribution is 0.584. The van der Waals surface area contributed by atoms with Crippen LogP contribution in [0.15, 0.2) is 34.2 Å². The first-order valence-corrected chi connectivity index (χ1v) is 10.6. The van der Waals surface area contributed by atoms with E-state index < -0.39 is 10.0 Å². The molecule has 1 unspecified atom stereocenters. The maximum Gasteiger partial charge on any atom is 0.238 e. The number of aliphatic imine (C=N–C) groups is 1. The molecular weight excluding hydrogens is 344 g/mol. The molecule has 1 heterocycles. The molecule has 0 aliphatic carbocycles. The van der Waals surface area contributed by atoms with Crippen molar-refractivity contribution in [1.82, 2.24) is 10.6 Å². The second kappa shape index (κ2) is 8.22. The first kappa shape index (κ1) is 19.1. The molecule has 0 radical (unpaired) electrons. The second-order valence-corrected chi connectivity index (χ2v) is 9.38. The number of benzene rings is 1. The van der Waals surface area contributed by atoms with Crippen LogP contribution in [0.1, 0.15) is 32.3 Å². The molecule has 1 saturated heterocycles. The average molecular weight is 371 g/mol. The molecule has 0 aromatic heterocycles. The van der Waals surface area contributed by atoms with Crippen LogP contribution in [0.2, 0.25) is 0 Å². The summed E-state index contributed by atoms with van der Waals surface area (Å²) in [5.74, 6) is 2.00. The minimum absolute atomic E-state index is 0.117. The summed E-state index contributed by atoms with van der Waals surface area (Å²) >= 11 is 2.01. The standard InChI is InChI=1S/C16H26N4O2S2/c1-3-18-15(20-12-16(2)9-4-10-23-16)19-11-13-5-7-14(8-6-13)24(17,21)22/h5-8H,3-4,9-12H2,1-2H3,(H2,17,21,22)(H2,18,19,20). The number of guanidine groups is 1. The van der Waals surface area contributed by atoms with Crippen LogP contribution in [0, 0.1) is 0 Å². The van der Waals surface area contributed by atoms with E-state index in [1.165, 1.54) is 30.7 Å². The van der Waals surface area contributed by atoms with Crippen molar-refractivity contribution >= 4 is 27.7 Å². The third-order valence-corrected chi connectivity index (χ3v) is 6.41. The third kappa shape index (κ3) is 5.68. The summed E-state index contributed by atoms with van der Waals surface area (Å²) in [5.41, 5.74) is 0.932. The fourth-order valence-electron chi connectivity index (χ4n) is 2.54. The lowest BCUT2D eigenvalue weighted by atomic mass is 10.1. The summed E-state index contributed by atoms with van der Waals surface area (Å²) in [6.45, 7) is 6.47. The lowest BCUT2D eigenvalue weighted by Crippen LogP contribution is -2.43. The van der Waals surface area contributed by atoms with Crippen LogP contribution >= 0.6 is 11.8 Å². The van der Waals surface area contributed by atoms with Gasteiger partial charge in [0.2, 0.25) is 10.0 Å². The molecular formula is C16H26N4O2S2. The zero-order valence-electron chi connectivity index (χ0n) is 14.2. The summed E-state index contributed by atoms with van der Waals surface area (Å²) < 4.78 is 22.8. The van der Waals surface area contributed by atoms with Crippen molar-refractivity contribution in [3.63, 3.8) is 0 Å². The summed E-state index contributed by atoms with van der Waals surface area (Å²) in [6, 6.07) is 6.50. The predicted molar refractivity (Wildman–Crippen MR) is 101 cm³/mol. The van der Waals surface area contributed by atoms with E-state index in [4.69, 9.17) is 5.14 Å². The third-order valence-electron chi connectivity index (χ3n) is 3.95. The van der Waals surface area contributed by atoms with Crippen LogP contribution in [0.25, 0.3) is 0 Å². The number of primary sulfonamides is 1. The van der Waals surface area contributed by atoms with Gasteiger partial charge in [0.15, 0.2) is 5.96 Å². The Morgan fingerprint density at radius 1 is 1.33 bits per heavy atom. The first-order valence-electron chi connectivity index (χ1n) is 8.10. The fourth-order valence-corrected chi connectivity index (χ4v) is 4.30. The minimum Gasteiger partial charge on any atom is -0.357 e. The van der Waals surface area contributed by atoms with Gasteiger partial charge in [0.05, 0.1) is 11.4 Å². The zero-order valence-corrected chi connectivity index (χ0v) is 15.8. The average Bonchev–Trinajstić information content (AvgIpc) is 2.97. The molecule has 0 saturated carbocycles. The Kier molecular flexibility index (Phi) is 6.54. The first-order chi connectivity index (χ1) is 11.3. The normalized spacial score (nSPS) is 21.7. The van der Waals surface area contributed by atoms with Gasteiger partial charge >= 0.3 is 0 Å². The molecule has 1 atom stereocenters. The molecule has 0 bridgehead atoms. The molecule has 24 heavy (non-hydrogen) atoms. The Balaban J connectivity index is 1.97. The van der Waals surface area contributed by atoms with Gasteiger partial charge in [-0.2, -0.15) is 11.8 Å². The number of nitrogens with two attached hydrogens (primary N) is 1. The quantitative estimate of drug-likeness (QED) is 0.523. The summed E-state index contributed by atoms with van der Waals surface area (Å²) in [4.78, 5) is 4.69. The van der Waals surface area contributed by atoms with Crippen molar-refractivity contribution in [1.29, 1.82) is 0 Å². The van der Waals surface area contributed by atoms with Gasteiger partial charge in [-0.15, -0.1) is 0 Å². The van der Waals surface area contributed by atoms with Gasteiger partial charge in [0, 0.05) is 17.8 Å². The molecule has 134 valence electrons. The van der Waals surface area contributed by atoms with Gasteiger partial charge in [-0.05, 0) is 50.1 Å². The monoisotopic (exact) mass is 370 g/mol. The maximum absolute atomic E-state index is 11.3. The molecule has 0 amide bonds. The Labute approximate surface area is 148 Å². The highest BCUT2D eigenvalue weighted by atomic mass is 32.2. The molecule has 4 N–H and O–H groups in total. The molecule has 8 heteroatoms. The van der Waals surface area contributed by atoms with E-state index in [-0.39, 0.29) is 9.64 Å². The zero-order chi connectivity index (χ0) is 17.6. The Morgan fingerprint density at radius 2 is 2.04 bits per heavy atom. The van der Waals surface area contributed by atoms with Gasteiger partial charge in [0.25, 0.3) is 0 Å². The van der Waals surface area contributed by atoms with Crippen molar-refractivity contribution in [3.05, 3.63) is 29.8 Å². The second-order valence-electron chi connectivity index (χ2n) is 6.14. The molecule has 1 aliphatic rings. The van der Waals surface area contributed by atoms with Crippen LogP contribution in [-0.2, 0) is 16.6 Å². The van der Waals surface area contributed by atoms with Crippen LogP contribution in [0.5, 0.6) is 0 Å². The SMILES string of the molecule is CCNC(=NCc1ccc(S(N)(=O)=O)cc1)NCC1(C)CCCS1. The van der Waals surface area contributed by atoms with E-state index in [1.54, 1.807) is 12.1 Å². The Hall–Kier alpha value is -1.25. The summed E-state index contributed by atoms with van der Waals surface area (Å²) in [6.07, 6.45) is 2.49. The number of hydrogen-bond donors (Lipinski definition) is 3. The van der Waals surface area contributed by atoms with E-state index in [0.717, 1.165) is 24.6 Å². The highest BCUT2D eigenvalue weighted by molar-refractivity contribution is 8.00. The number of rotatable bonds is 6. The van der Waals surface area contributed by atoms with E-state index in [2.05, 4.69) is 22.5 Å². The Bertz CT molecular complexity index is 666. The highest BCUT2D eigenvalue weighted by Gasteiger charge is 2.29. The number of nitrogens with one attached hydrogen (secondary N) is 2. The molecule has 2 rings (SSSR count). The van der Waals surface area contributed by atoms with Crippen molar-refractivity contribution in [2.45, 2.75) is 42.9 Å². The van der Waals surface area contributed by atoms with Crippen LogP contribution in [-0.4, -0.2) is 38.0 Å². The highest BCUT2D eigenvalue weighted by Crippen LogP contribution is 2.36. The predicted octanol–water partition coefficient (Wildman–Crippen LogP) is 1.67. The van der Waals surface area contributed by atoms with E-state index >= 15 is 0 Å². The van der Waals surface area contributed by atoms with Crippen molar-refractivity contribution in [3.8, 4) is 0 Å². The van der Waals surface area contributed by atoms with Crippen molar-refractivity contribution in [2.24, 2.45) is 10.1 Å². The van der Waals surface area contributed by atoms with E-state index in [0.29, 0.717) is 6.54 Å². The number of sulfonamides is 1. The molecule has 1 fully saturated rings. The minimum atomic E-state index is -3.65. The number of nitrogens with zero attached hydrogens (tertiary/aromatic N) is 1. The maximum atomic E-state index is 11.3. The number of thioether (sulfide) groups is 1. The summed E-state index contributed by atoms with van der Waals surface area (Å²) in [7, 11) is -3.65. The van der Waals surface area contributed by atoms with Crippen LogP contribution in [0.3, 0.4) is 0 Å². The van der Waals surface area contributed by atoms with Gasteiger partial charge in [0.1, 0.15) is 0 Å². The van der Waals surface area contributed by atoms with Gasteiger partial charge in [-0.3, -0.25) is 0 Å². The Morgan fingerprint density at radius 3 is 2.58 bits per heavy atom. The molecule has 6 nitrogen and oxygen atoms in total. The van der Waals surface area contributed by atoms with Crippen LogP contribution in [0.4, 0.5) is 0 Å². The topological polar surface area (TPSA) is 96.6 Å². The fraction of sp³-hybridized carbons (Fsp3) is 0.562. The lowest BCUT2D eigenvalue weighted by Gasteiger charge is -2.24. The molecule has 1 aromatic carbocycles. The van der Waals surface area contributed by atoms with Crippen molar-refractivity contribution in [2.75, 3.05) is 18.8 Å². The van der Waals surface area contributed by atoms with Crippen LogP contribution < -0.4 is 15.8 Å². The van der Waals surface area contributed by atoms with Gasteiger partial charge < -0.3 is 10.6 Å². The smallest absolute Gasteiger partial charge is 0.238 e. The van der Waals surface area contributed by atoms with E-state index in [9.17, 15) is 8.42 Å². The summed E-state index contributed by atoms with van der Waals surface area (Å²) in [5, 5.41) is 11.8. The molecule has 1 aromatic rings. The molecule has 1 aliphatic heterocycles. The largest absolute Gasteiger partial charge is 0.357 e.